The van der Waals surface area contributed by atoms with E-state index in [2.05, 4.69) is 15.5 Å². The van der Waals surface area contributed by atoms with E-state index in [0.717, 1.165) is 5.75 Å². The van der Waals surface area contributed by atoms with Crippen LogP contribution < -0.4 is 11.1 Å². The van der Waals surface area contributed by atoms with E-state index in [1.807, 2.05) is 6.26 Å². The van der Waals surface area contributed by atoms with Gasteiger partial charge in [0.05, 0.1) is 6.04 Å². The topological polar surface area (TPSA) is 94.0 Å². The first-order chi connectivity index (χ1) is 11.0. The maximum atomic E-state index is 13.2. The minimum atomic E-state index is -0.574. The standard InChI is InChI=1S/C15H19FN4O2S/c1-9(18-14(21)12(17)6-7-23-2)15-19-13(20-22-15)10-4-3-5-11(16)8-10/h3-5,8-9,12H,6-7,17H2,1-2H3,(H,18,21)/t9?,12-/m0/s1. The molecule has 0 bridgehead atoms. The molecule has 2 aromatic rings. The molecular weight excluding hydrogens is 319 g/mol. The highest BCUT2D eigenvalue weighted by molar-refractivity contribution is 7.98. The first-order valence-electron chi connectivity index (χ1n) is 7.15. The number of thioether (sulfide) groups is 1. The van der Waals surface area contributed by atoms with E-state index in [9.17, 15) is 9.18 Å². The Morgan fingerprint density at radius 1 is 1.52 bits per heavy atom. The van der Waals surface area contributed by atoms with Crippen LogP contribution in [-0.4, -0.2) is 34.1 Å². The lowest BCUT2D eigenvalue weighted by Gasteiger charge is -2.14. The molecule has 2 rings (SSSR count). The van der Waals surface area contributed by atoms with Crippen LogP contribution in [0.2, 0.25) is 0 Å². The first kappa shape index (κ1) is 17.4. The molecule has 0 aliphatic carbocycles. The zero-order chi connectivity index (χ0) is 16.8. The van der Waals surface area contributed by atoms with Crippen molar-refractivity contribution in [2.24, 2.45) is 5.73 Å². The van der Waals surface area contributed by atoms with Crippen molar-refractivity contribution in [2.75, 3.05) is 12.0 Å². The molecule has 1 unspecified atom stereocenters. The van der Waals surface area contributed by atoms with Crippen LogP contribution in [0.5, 0.6) is 0 Å². The predicted octanol–water partition coefficient (Wildman–Crippen LogP) is 2.13. The largest absolute Gasteiger partial charge is 0.343 e. The zero-order valence-electron chi connectivity index (χ0n) is 13.0. The third kappa shape index (κ3) is 4.77. The number of nitrogens with zero attached hydrogens (tertiary/aromatic N) is 2. The maximum Gasteiger partial charge on any atom is 0.249 e. The fraction of sp³-hybridized carbons (Fsp3) is 0.400. The van der Waals surface area contributed by atoms with Crippen molar-refractivity contribution in [1.82, 2.24) is 15.5 Å². The second kappa shape index (κ2) is 8.07. The molecule has 1 aromatic heterocycles. The lowest BCUT2D eigenvalue weighted by Crippen LogP contribution is -2.42. The smallest absolute Gasteiger partial charge is 0.249 e. The number of nitrogens with two attached hydrogens (primary N) is 1. The van der Waals surface area contributed by atoms with Gasteiger partial charge in [-0.25, -0.2) is 4.39 Å². The lowest BCUT2D eigenvalue weighted by atomic mass is 10.2. The van der Waals surface area contributed by atoms with Crippen LogP contribution in [0.4, 0.5) is 4.39 Å². The molecule has 8 heteroatoms. The minimum absolute atomic E-state index is 0.245. The molecule has 0 spiro atoms. The Hall–Kier alpha value is -1.93. The maximum absolute atomic E-state index is 13.2. The number of carbonyl (C=O) groups excluding carboxylic acids is 1. The molecule has 2 atom stereocenters. The van der Waals surface area contributed by atoms with E-state index in [1.165, 1.54) is 12.1 Å². The molecule has 1 aromatic carbocycles. The van der Waals surface area contributed by atoms with Gasteiger partial charge in [-0.3, -0.25) is 4.79 Å². The van der Waals surface area contributed by atoms with Crippen LogP contribution in [-0.2, 0) is 4.79 Å². The van der Waals surface area contributed by atoms with E-state index in [0.29, 0.717) is 12.0 Å². The van der Waals surface area contributed by atoms with Gasteiger partial charge >= 0.3 is 0 Å². The van der Waals surface area contributed by atoms with Crippen molar-refractivity contribution >= 4 is 17.7 Å². The number of halogens is 1. The summed E-state index contributed by atoms with van der Waals surface area (Å²) < 4.78 is 18.4. The molecule has 23 heavy (non-hydrogen) atoms. The molecule has 0 radical (unpaired) electrons. The van der Waals surface area contributed by atoms with Crippen LogP contribution in [0.3, 0.4) is 0 Å². The molecule has 1 amide bonds. The number of nitrogens with one attached hydrogen (secondary N) is 1. The highest BCUT2D eigenvalue weighted by Crippen LogP contribution is 2.19. The van der Waals surface area contributed by atoms with Gasteiger partial charge in [-0.05, 0) is 37.5 Å². The van der Waals surface area contributed by atoms with Gasteiger partial charge in [-0.1, -0.05) is 17.3 Å². The summed E-state index contributed by atoms with van der Waals surface area (Å²) in [5.74, 6) is 0.682. The number of carbonyl (C=O) groups is 1. The molecule has 0 saturated heterocycles. The number of amides is 1. The summed E-state index contributed by atoms with van der Waals surface area (Å²) in [7, 11) is 0. The van der Waals surface area contributed by atoms with Crippen molar-refractivity contribution in [3.63, 3.8) is 0 Å². The van der Waals surface area contributed by atoms with Gasteiger partial charge in [0.1, 0.15) is 11.9 Å². The number of rotatable bonds is 7. The van der Waals surface area contributed by atoms with Gasteiger partial charge in [0, 0.05) is 5.56 Å². The monoisotopic (exact) mass is 338 g/mol. The normalized spacial score (nSPS) is 13.6. The van der Waals surface area contributed by atoms with Crippen molar-refractivity contribution in [3.05, 3.63) is 36.0 Å². The van der Waals surface area contributed by atoms with Crippen molar-refractivity contribution in [2.45, 2.75) is 25.4 Å². The Morgan fingerprint density at radius 3 is 3.00 bits per heavy atom. The Balaban J connectivity index is 2.01. The molecular formula is C15H19FN4O2S. The van der Waals surface area contributed by atoms with Crippen LogP contribution in [0.1, 0.15) is 25.3 Å². The van der Waals surface area contributed by atoms with Gasteiger partial charge in [0.25, 0.3) is 0 Å². The fourth-order valence-electron chi connectivity index (χ4n) is 1.91. The number of aromatic nitrogens is 2. The SMILES string of the molecule is CSCC[C@H](N)C(=O)NC(C)c1nc(-c2cccc(F)c2)no1. The number of hydrogen-bond donors (Lipinski definition) is 2. The van der Waals surface area contributed by atoms with Crippen LogP contribution in [0.15, 0.2) is 28.8 Å². The lowest BCUT2D eigenvalue weighted by molar-refractivity contribution is -0.123. The quantitative estimate of drug-likeness (QED) is 0.803. The van der Waals surface area contributed by atoms with Gasteiger partial charge < -0.3 is 15.6 Å². The van der Waals surface area contributed by atoms with E-state index in [4.69, 9.17) is 10.3 Å². The van der Waals surface area contributed by atoms with E-state index in [-0.39, 0.29) is 23.4 Å². The van der Waals surface area contributed by atoms with Gasteiger partial charge in [0.15, 0.2) is 0 Å². The van der Waals surface area contributed by atoms with Crippen molar-refractivity contribution in [3.8, 4) is 11.4 Å². The average Bonchev–Trinajstić information content (AvgIpc) is 3.02. The Kier molecular flexibility index (Phi) is 6.12. The molecule has 0 aliphatic heterocycles. The Bertz CT molecular complexity index is 664. The summed E-state index contributed by atoms with van der Waals surface area (Å²) in [4.78, 5) is 16.2. The predicted molar refractivity (Wildman–Crippen MR) is 87.2 cm³/mol. The van der Waals surface area contributed by atoms with Gasteiger partial charge in [-0.15, -0.1) is 0 Å². The van der Waals surface area contributed by atoms with E-state index >= 15 is 0 Å². The molecule has 3 N–H and O–H groups in total. The van der Waals surface area contributed by atoms with E-state index < -0.39 is 12.1 Å². The fourth-order valence-corrected chi connectivity index (χ4v) is 2.40. The minimum Gasteiger partial charge on any atom is -0.343 e. The summed E-state index contributed by atoms with van der Waals surface area (Å²) in [5, 5.41) is 6.55. The molecule has 0 saturated carbocycles. The highest BCUT2D eigenvalue weighted by atomic mass is 32.2. The van der Waals surface area contributed by atoms with Crippen LogP contribution in [0, 0.1) is 5.82 Å². The number of benzene rings is 1. The average molecular weight is 338 g/mol. The second-order valence-electron chi connectivity index (χ2n) is 5.08. The summed E-state index contributed by atoms with van der Waals surface area (Å²) in [5.41, 5.74) is 6.32. The van der Waals surface area contributed by atoms with Crippen molar-refractivity contribution < 1.29 is 13.7 Å². The molecule has 0 fully saturated rings. The summed E-state index contributed by atoms with van der Waals surface area (Å²) in [6, 6.07) is 4.85. The van der Waals surface area contributed by atoms with Gasteiger partial charge in [-0.2, -0.15) is 16.7 Å². The zero-order valence-corrected chi connectivity index (χ0v) is 13.8. The van der Waals surface area contributed by atoms with Gasteiger partial charge in [0.2, 0.25) is 17.6 Å². The Morgan fingerprint density at radius 2 is 2.30 bits per heavy atom. The summed E-state index contributed by atoms with van der Waals surface area (Å²) in [6.07, 6.45) is 2.55. The highest BCUT2D eigenvalue weighted by Gasteiger charge is 2.20. The third-order valence-corrected chi connectivity index (χ3v) is 3.87. The molecule has 124 valence electrons. The van der Waals surface area contributed by atoms with Crippen LogP contribution in [0.25, 0.3) is 11.4 Å². The van der Waals surface area contributed by atoms with E-state index in [1.54, 1.807) is 30.8 Å². The summed E-state index contributed by atoms with van der Waals surface area (Å²) >= 11 is 1.63. The van der Waals surface area contributed by atoms with Crippen molar-refractivity contribution in [1.29, 1.82) is 0 Å². The summed E-state index contributed by atoms with van der Waals surface area (Å²) in [6.45, 7) is 1.72. The third-order valence-electron chi connectivity index (χ3n) is 3.22. The first-order valence-corrected chi connectivity index (χ1v) is 8.55. The van der Waals surface area contributed by atoms with Crippen LogP contribution >= 0.6 is 11.8 Å². The molecule has 6 nitrogen and oxygen atoms in total. The number of hydrogen-bond acceptors (Lipinski definition) is 6. The molecule has 1 heterocycles. The second-order valence-corrected chi connectivity index (χ2v) is 6.07. The molecule has 0 aliphatic rings. The Labute approximate surface area is 138 Å².